The summed E-state index contributed by atoms with van der Waals surface area (Å²) in [6, 6.07) is 0. The van der Waals surface area contributed by atoms with E-state index in [1.54, 1.807) is 0 Å². The maximum Gasteiger partial charge on any atom is 0.410 e. The highest BCUT2D eigenvalue weighted by molar-refractivity contribution is 6.17. The van der Waals surface area contributed by atoms with Crippen LogP contribution in [0.5, 0.6) is 0 Å². The van der Waals surface area contributed by atoms with Gasteiger partial charge in [-0.15, -0.1) is 11.6 Å². The average molecular weight is 248 g/mol. The van der Waals surface area contributed by atoms with E-state index in [1.165, 1.54) is 6.42 Å². The molecule has 0 aromatic carbocycles. The van der Waals surface area contributed by atoms with Crippen molar-refractivity contribution in [2.24, 2.45) is 5.92 Å². The monoisotopic (exact) mass is 247 g/mol. The van der Waals surface area contributed by atoms with Gasteiger partial charge in [0.25, 0.3) is 0 Å². The van der Waals surface area contributed by atoms with Gasteiger partial charge in [0.15, 0.2) is 0 Å². The third-order valence-corrected chi connectivity index (χ3v) is 2.91. The van der Waals surface area contributed by atoms with E-state index >= 15 is 0 Å². The number of amides is 1. The van der Waals surface area contributed by atoms with Gasteiger partial charge in [-0.05, 0) is 46.0 Å². The number of carbonyl (C=O) groups excluding carboxylic acids is 1. The molecule has 4 heteroatoms. The molecule has 1 saturated heterocycles. The van der Waals surface area contributed by atoms with Crippen LogP contribution in [0.1, 0.15) is 40.0 Å². The minimum absolute atomic E-state index is 0.188. The Balaban J connectivity index is 2.44. The van der Waals surface area contributed by atoms with E-state index in [9.17, 15) is 4.79 Å². The highest BCUT2D eigenvalue weighted by Gasteiger charge is 2.27. The smallest absolute Gasteiger partial charge is 0.410 e. The topological polar surface area (TPSA) is 29.5 Å². The molecule has 0 radical (unpaired) electrons. The summed E-state index contributed by atoms with van der Waals surface area (Å²) in [4.78, 5) is 13.6. The Bertz CT molecular complexity index is 236. The lowest BCUT2D eigenvalue weighted by Crippen LogP contribution is -2.42. The molecule has 0 spiro atoms. The number of piperidine rings is 1. The third kappa shape index (κ3) is 4.60. The summed E-state index contributed by atoms with van der Waals surface area (Å²) in [5.41, 5.74) is -0.406. The van der Waals surface area contributed by atoms with Crippen LogP contribution in [0.4, 0.5) is 4.79 Å². The van der Waals surface area contributed by atoms with Crippen LogP contribution in [-0.4, -0.2) is 35.6 Å². The molecule has 1 amide bonds. The summed E-state index contributed by atoms with van der Waals surface area (Å²) in [5.74, 6) is 1.21. The van der Waals surface area contributed by atoms with E-state index in [1.807, 2.05) is 25.7 Å². The van der Waals surface area contributed by atoms with E-state index in [-0.39, 0.29) is 6.09 Å². The van der Waals surface area contributed by atoms with Crippen LogP contribution in [-0.2, 0) is 4.74 Å². The van der Waals surface area contributed by atoms with Gasteiger partial charge in [-0.25, -0.2) is 4.79 Å². The second-order valence-electron chi connectivity index (χ2n) is 5.41. The number of rotatable bonds is 2. The lowest BCUT2D eigenvalue weighted by molar-refractivity contribution is 0.0164. The molecule has 1 heterocycles. The Morgan fingerprint density at radius 1 is 1.50 bits per heavy atom. The molecule has 1 unspecified atom stereocenters. The molecule has 0 aliphatic carbocycles. The van der Waals surface area contributed by atoms with Gasteiger partial charge in [0.05, 0.1) is 0 Å². The molecule has 1 fully saturated rings. The number of hydrogen-bond donors (Lipinski definition) is 0. The van der Waals surface area contributed by atoms with Crippen LogP contribution in [0, 0.1) is 5.92 Å². The zero-order chi connectivity index (χ0) is 12.2. The second kappa shape index (κ2) is 5.76. The molecule has 0 bridgehead atoms. The van der Waals surface area contributed by atoms with Gasteiger partial charge in [-0.1, -0.05) is 0 Å². The van der Waals surface area contributed by atoms with Crippen LogP contribution < -0.4 is 0 Å². The summed E-state index contributed by atoms with van der Waals surface area (Å²) in [5, 5.41) is 0. The lowest BCUT2D eigenvalue weighted by Gasteiger charge is -2.33. The predicted octanol–water partition coefficient (Wildman–Crippen LogP) is 3.26. The van der Waals surface area contributed by atoms with E-state index in [2.05, 4.69) is 0 Å². The van der Waals surface area contributed by atoms with Crippen molar-refractivity contribution in [2.75, 3.05) is 19.0 Å². The number of halogens is 1. The summed E-state index contributed by atoms with van der Waals surface area (Å²) < 4.78 is 5.36. The molecule has 1 atom stereocenters. The Morgan fingerprint density at radius 2 is 2.19 bits per heavy atom. The minimum atomic E-state index is -0.406. The molecule has 3 nitrogen and oxygen atoms in total. The molecular formula is C12H22ClNO2. The van der Waals surface area contributed by atoms with Gasteiger partial charge >= 0.3 is 6.09 Å². The molecule has 1 aliphatic rings. The molecule has 0 N–H and O–H groups in total. The lowest BCUT2D eigenvalue weighted by atomic mass is 9.96. The first-order valence-electron chi connectivity index (χ1n) is 5.96. The molecule has 0 saturated carbocycles. The standard InChI is InChI=1S/C12H22ClNO2/c1-12(2,3)16-11(15)14-8-4-5-10(9-14)6-7-13/h10H,4-9H2,1-3H3. The highest BCUT2D eigenvalue weighted by Crippen LogP contribution is 2.21. The zero-order valence-corrected chi connectivity index (χ0v) is 11.2. The molecule has 0 aromatic rings. The maximum absolute atomic E-state index is 11.8. The van der Waals surface area contributed by atoms with Gasteiger partial charge in [0.1, 0.15) is 5.60 Å². The van der Waals surface area contributed by atoms with Crippen molar-refractivity contribution in [1.29, 1.82) is 0 Å². The van der Waals surface area contributed by atoms with Crippen molar-refractivity contribution < 1.29 is 9.53 Å². The van der Waals surface area contributed by atoms with Gasteiger partial charge in [0.2, 0.25) is 0 Å². The Morgan fingerprint density at radius 3 is 2.75 bits per heavy atom. The Hall–Kier alpha value is -0.440. The number of nitrogens with zero attached hydrogens (tertiary/aromatic N) is 1. The van der Waals surface area contributed by atoms with Gasteiger partial charge in [-0.3, -0.25) is 0 Å². The Labute approximate surface area is 103 Å². The average Bonchev–Trinajstić information content (AvgIpc) is 2.16. The first-order valence-corrected chi connectivity index (χ1v) is 6.49. The summed E-state index contributed by atoms with van der Waals surface area (Å²) in [6.45, 7) is 7.29. The fourth-order valence-corrected chi connectivity index (χ4v) is 2.26. The molecule has 1 aliphatic heterocycles. The largest absolute Gasteiger partial charge is 0.444 e. The molecular weight excluding hydrogens is 226 g/mol. The van der Waals surface area contributed by atoms with Gasteiger partial charge in [0, 0.05) is 19.0 Å². The van der Waals surface area contributed by atoms with Crippen molar-refractivity contribution >= 4 is 17.7 Å². The quantitative estimate of drug-likeness (QED) is 0.701. The highest BCUT2D eigenvalue weighted by atomic mass is 35.5. The van der Waals surface area contributed by atoms with E-state index < -0.39 is 5.60 Å². The summed E-state index contributed by atoms with van der Waals surface area (Å²) >= 11 is 5.73. The van der Waals surface area contributed by atoms with Crippen LogP contribution in [0.25, 0.3) is 0 Å². The van der Waals surface area contributed by atoms with Crippen molar-refractivity contribution in [3.63, 3.8) is 0 Å². The van der Waals surface area contributed by atoms with Crippen molar-refractivity contribution in [1.82, 2.24) is 4.90 Å². The number of likely N-dealkylation sites (tertiary alicyclic amines) is 1. The van der Waals surface area contributed by atoms with Crippen LogP contribution in [0.15, 0.2) is 0 Å². The van der Waals surface area contributed by atoms with Crippen molar-refractivity contribution in [3.05, 3.63) is 0 Å². The fourth-order valence-electron chi connectivity index (χ4n) is 1.95. The molecule has 16 heavy (non-hydrogen) atoms. The maximum atomic E-state index is 11.8. The Kier molecular flexibility index (Phi) is 4.90. The predicted molar refractivity (Wildman–Crippen MR) is 65.9 cm³/mol. The first-order chi connectivity index (χ1) is 7.42. The number of carbonyl (C=O) groups is 1. The fraction of sp³-hybridized carbons (Fsp3) is 0.917. The van der Waals surface area contributed by atoms with Crippen molar-refractivity contribution in [2.45, 2.75) is 45.6 Å². The molecule has 0 aromatic heterocycles. The molecule has 94 valence electrons. The van der Waals surface area contributed by atoms with Crippen molar-refractivity contribution in [3.8, 4) is 0 Å². The van der Waals surface area contributed by atoms with Crippen LogP contribution in [0.2, 0.25) is 0 Å². The van der Waals surface area contributed by atoms with E-state index in [4.69, 9.17) is 16.3 Å². The van der Waals surface area contributed by atoms with Crippen LogP contribution >= 0.6 is 11.6 Å². The number of ether oxygens (including phenoxy) is 1. The van der Waals surface area contributed by atoms with Gasteiger partial charge < -0.3 is 9.64 Å². The van der Waals surface area contributed by atoms with E-state index in [0.29, 0.717) is 11.8 Å². The first kappa shape index (κ1) is 13.6. The molecule has 1 rings (SSSR count). The third-order valence-electron chi connectivity index (χ3n) is 2.69. The second-order valence-corrected chi connectivity index (χ2v) is 5.79. The zero-order valence-electron chi connectivity index (χ0n) is 10.5. The summed E-state index contributed by atoms with van der Waals surface area (Å²) in [7, 11) is 0. The number of alkyl halides is 1. The van der Waals surface area contributed by atoms with Gasteiger partial charge in [-0.2, -0.15) is 0 Å². The van der Waals surface area contributed by atoms with E-state index in [0.717, 1.165) is 25.9 Å². The number of hydrogen-bond acceptors (Lipinski definition) is 2. The normalized spacial score (nSPS) is 22.0. The summed E-state index contributed by atoms with van der Waals surface area (Å²) in [6.07, 6.45) is 3.03. The van der Waals surface area contributed by atoms with Crippen LogP contribution in [0.3, 0.4) is 0 Å². The minimum Gasteiger partial charge on any atom is -0.444 e. The SMILES string of the molecule is CC(C)(C)OC(=O)N1CCCC(CCCl)C1.